The van der Waals surface area contributed by atoms with E-state index >= 15 is 0 Å². The smallest absolute Gasteiger partial charge is 0.292 e. The van der Waals surface area contributed by atoms with Crippen molar-refractivity contribution in [1.82, 2.24) is 4.98 Å². The predicted octanol–water partition coefficient (Wildman–Crippen LogP) is 3.22. The van der Waals surface area contributed by atoms with Crippen LogP contribution >= 0.6 is 0 Å². The maximum Gasteiger partial charge on any atom is 0.292 e. The molecule has 0 amide bonds. The second-order valence-corrected chi connectivity index (χ2v) is 4.89. The SMILES string of the molecule is CC(C)(C)c1ccc(-c2cnc(N)o2)cc1. The summed E-state index contributed by atoms with van der Waals surface area (Å²) in [5.41, 5.74) is 7.90. The fraction of sp³-hybridized carbons (Fsp3) is 0.308. The minimum atomic E-state index is 0.166. The molecule has 2 rings (SSSR count). The van der Waals surface area contributed by atoms with Gasteiger partial charge in [-0.25, -0.2) is 4.98 Å². The molecule has 2 aromatic rings. The normalized spacial score (nSPS) is 11.7. The third-order valence-electron chi connectivity index (χ3n) is 2.56. The van der Waals surface area contributed by atoms with Crippen LogP contribution < -0.4 is 5.73 Å². The van der Waals surface area contributed by atoms with Crippen LogP contribution in [0.4, 0.5) is 6.01 Å². The minimum absolute atomic E-state index is 0.166. The van der Waals surface area contributed by atoms with Crippen LogP contribution in [-0.2, 0) is 5.41 Å². The van der Waals surface area contributed by atoms with Crippen LogP contribution in [0.15, 0.2) is 34.9 Å². The van der Waals surface area contributed by atoms with Crippen molar-refractivity contribution in [2.75, 3.05) is 5.73 Å². The fourth-order valence-electron chi connectivity index (χ4n) is 1.56. The van der Waals surface area contributed by atoms with E-state index in [1.807, 2.05) is 12.1 Å². The van der Waals surface area contributed by atoms with E-state index in [1.54, 1.807) is 6.20 Å². The number of nitrogens with two attached hydrogens (primary N) is 1. The van der Waals surface area contributed by atoms with E-state index in [2.05, 4.69) is 37.9 Å². The van der Waals surface area contributed by atoms with Gasteiger partial charge >= 0.3 is 0 Å². The Balaban J connectivity index is 2.33. The zero-order valence-corrected chi connectivity index (χ0v) is 9.82. The third-order valence-corrected chi connectivity index (χ3v) is 2.56. The molecule has 0 saturated carbocycles. The first-order valence-electron chi connectivity index (χ1n) is 5.29. The monoisotopic (exact) mass is 216 g/mol. The maximum atomic E-state index is 5.44. The van der Waals surface area contributed by atoms with Crippen molar-refractivity contribution >= 4 is 6.01 Å². The van der Waals surface area contributed by atoms with E-state index in [0.717, 1.165) is 5.56 Å². The van der Waals surface area contributed by atoms with Gasteiger partial charge in [-0.15, -0.1) is 0 Å². The van der Waals surface area contributed by atoms with E-state index in [-0.39, 0.29) is 11.4 Å². The molecule has 0 atom stereocenters. The minimum Gasteiger partial charge on any atom is -0.424 e. The second kappa shape index (κ2) is 3.67. The number of benzene rings is 1. The number of anilines is 1. The van der Waals surface area contributed by atoms with Gasteiger partial charge in [0.05, 0.1) is 6.20 Å². The molecule has 2 N–H and O–H groups in total. The number of aromatic nitrogens is 1. The summed E-state index contributed by atoms with van der Waals surface area (Å²) in [4.78, 5) is 3.88. The highest BCUT2D eigenvalue weighted by molar-refractivity contribution is 5.57. The number of rotatable bonds is 1. The Labute approximate surface area is 95.3 Å². The van der Waals surface area contributed by atoms with Gasteiger partial charge in [0.15, 0.2) is 5.76 Å². The van der Waals surface area contributed by atoms with Crippen molar-refractivity contribution < 1.29 is 4.42 Å². The van der Waals surface area contributed by atoms with E-state index in [1.165, 1.54) is 5.56 Å². The fourth-order valence-corrected chi connectivity index (χ4v) is 1.56. The quantitative estimate of drug-likeness (QED) is 0.796. The molecule has 0 bridgehead atoms. The van der Waals surface area contributed by atoms with Gasteiger partial charge < -0.3 is 10.2 Å². The van der Waals surface area contributed by atoms with Crippen LogP contribution in [-0.4, -0.2) is 4.98 Å². The van der Waals surface area contributed by atoms with Crippen LogP contribution in [0.5, 0.6) is 0 Å². The zero-order chi connectivity index (χ0) is 11.8. The van der Waals surface area contributed by atoms with E-state index < -0.39 is 0 Å². The Hall–Kier alpha value is -1.77. The lowest BCUT2D eigenvalue weighted by Crippen LogP contribution is -2.10. The molecule has 16 heavy (non-hydrogen) atoms. The Morgan fingerprint density at radius 1 is 1.12 bits per heavy atom. The standard InChI is InChI=1S/C13H16N2O/c1-13(2,3)10-6-4-9(5-7-10)11-8-15-12(14)16-11/h4-8H,1-3H3,(H2,14,15). The van der Waals surface area contributed by atoms with Gasteiger partial charge in [-0.05, 0) is 11.0 Å². The first-order valence-corrected chi connectivity index (χ1v) is 5.29. The van der Waals surface area contributed by atoms with E-state index in [9.17, 15) is 0 Å². The van der Waals surface area contributed by atoms with Gasteiger partial charge in [0.2, 0.25) is 0 Å². The number of hydrogen-bond acceptors (Lipinski definition) is 3. The Bertz CT molecular complexity index is 477. The van der Waals surface area contributed by atoms with Crippen molar-refractivity contribution in [3.05, 3.63) is 36.0 Å². The molecule has 0 spiro atoms. The summed E-state index contributed by atoms with van der Waals surface area (Å²) in [5, 5.41) is 0. The first-order chi connectivity index (χ1) is 7.47. The molecule has 0 aliphatic carbocycles. The lowest BCUT2D eigenvalue weighted by atomic mass is 9.86. The van der Waals surface area contributed by atoms with Crippen molar-refractivity contribution in [3.8, 4) is 11.3 Å². The largest absolute Gasteiger partial charge is 0.424 e. The van der Waals surface area contributed by atoms with E-state index in [0.29, 0.717) is 5.76 Å². The van der Waals surface area contributed by atoms with Gasteiger partial charge in [0, 0.05) is 5.56 Å². The summed E-state index contributed by atoms with van der Waals surface area (Å²) in [6, 6.07) is 8.47. The average molecular weight is 216 g/mol. The van der Waals surface area contributed by atoms with Crippen molar-refractivity contribution in [2.24, 2.45) is 0 Å². The number of nitrogens with zero attached hydrogens (tertiary/aromatic N) is 1. The molecule has 0 aliphatic rings. The Morgan fingerprint density at radius 3 is 2.19 bits per heavy atom. The molecule has 84 valence electrons. The lowest BCUT2D eigenvalue weighted by Gasteiger charge is -2.18. The summed E-state index contributed by atoms with van der Waals surface area (Å²) < 4.78 is 5.26. The molecular formula is C13H16N2O. The molecule has 0 radical (unpaired) electrons. The number of hydrogen-bond donors (Lipinski definition) is 1. The van der Waals surface area contributed by atoms with Crippen LogP contribution in [0.25, 0.3) is 11.3 Å². The summed E-state index contributed by atoms with van der Waals surface area (Å²) in [7, 11) is 0. The van der Waals surface area contributed by atoms with Gasteiger partial charge in [0.25, 0.3) is 6.01 Å². The highest BCUT2D eigenvalue weighted by Crippen LogP contribution is 2.26. The number of nitrogen functional groups attached to an aromatic ring is 1. The molecule has 1 aromatic heterocycles. The molecule has 1 heterocycles. The van der Waals surface area contributed by atoms with Crippen LogP contribution in [0, 0.1) is 0 Å². The molecule has 0 aliphatic heterocycles. The highest BCUT2D eigenvalue weighted by atomic mass is 16.4. The highest BCUT2D eigenvalue weighted by Gasteiger charge is 2.13. The van der Waals surface area contributed by atoms with Gasteiger partial charge in [0.1, 0.15) is 0 Å². The predicted molar refractivity (Wildman–Crippen MR) is 65.1 cm³/mol. The third kappa shape index (κ3) is 2.08. The van der Waals surface area contributed by atoms with Crippen molar-refractivity contribution in [3.63, 3.8) is 0 Å². The molecular weight excluding hydrogens is 200 g/mol. The molecule has 1 aromatic carbocycles. The topological polar surface area (TPSA) is 52.0 Å². The van der Waals surface area contributed by atoms with Gasteiger partial charge in [-0.3, -0.25) is 0 Å². The Kier molecular flexibility index (Phi) is 2.46. The van der Waals surface area contributed by atoms with Gasteiger partial charge in [-0.1, -0.05) is 45.0 Å². The summed E-state index contributed by atoms with van der Waals surface area (Å²) in [6.45, 7) is 6.57. The lowest BCUT2D eigenvalue weighted by molar-refractivity contribution is 0.587. The first kappa shape index (κ1) is 10.7. The van der Waals surface area contributed by atoms with Crippen molar-refractivity contribution in [2.45, 2.75) is 26.2 Å². The molecule has 3 heteroatoms. The number of oxazole rings is 1. The zero-order valence-electron chi connectivity index (χ0n) is 9.82. The van der Waals surface area contributed by atoms with Crippen molar-refractivity contribution in [1.29, 1.82) is 0 Å². The molecule has 0 unspecified atom stereocenters. The molecule has 3 nitrogen and oxygen atoms in total. The second-order valence-electron chi connectivity index (χ2n) is 4.89. The Morgan fingerprint density at radius 2 is 1.75 bits per heavy atom. The van der Waals surface area contributed by atoms with E-state index in [4.69, 9.17) is 10.2 Å². The molecule has 0 fully saturated rings. The summed E-state index contributed by atoms with van der Waals surface area (Å²) in [5.74, 6) is 0.706. The van der Waals surface area contributed by atoms with Crippen LogP contribution in [0.1, 0.15) is 26.3 Å². The molecule has 0 saturated heterocycles. The summed E-state index contributed by atoms with van der Waals surface area (Å²) >= 11 is 0. The van der Waals surface area contributed by atoms with Gasteiger partial charge in [-0.2, -0.15) is 0 Å². The maximum absolute atomic E-state index is 5.44. The summed E-state index contributed by atoms with van der Waals surface area (Å²) in [6.07, 6.45) is 1.64. The average Bonchev–Trinajstić information content (AvgIpc) is 2.64. The van der Waals surface area contributed by atoms with Crippen LogP contribution in [0.2, 0.25) is 0 Å². The van der Waals surface area contributed by atoms with Crippen LogP contribution in [0.3, 0.4) is 0 Å².